The number of hydrogen-bond acceptors (Lipinski definition) is 3. The minimum absolute atomic E-state index is 0.0745. The van der Waals surface area contributed by atoms with Crippen molar-refractivity contribution in [1.82, 2.24) is 0 Å². The molecule has 0 fully saturated rings. The van der Waals surface area contributed by atoms with E-state index in [-0.39, 0.29) is 6.10 Å². The first kappa shape index (κ1) is 15.0. The van der Waals surface area contributed by atoms with Crippen LogP contribution < -0.4 is 15.8 Å². The molecule has 0 radical (unpaired) electrons. The molecule has 106 valence electrons. The lowest BCUT2D eigenvalue weighted by Crippen LogP contribution is -2.07. The van der Waals surface area contributed by atoms with Gasteiger partial charge in [0.1, 0.15) is 5.75 Å². The van der Waals surface area contributed by atoms with Gasteiger partial charge in [0.05, 0.1) is 27.0 Å². The Balaban J connectivity index is 2.27. The number of nitrogens with two attached hydrogens (primary N) is 1. The number of ether oxygens (including phenoxy) is 1. The molecule has 0 aliphatic rings. The molecule has 0 saturated carbocycles. The summed E-state index contributed by atoms with van der Waals surface area (Å²) in [5.74, 6) is 0.670. The highest BCUT2D eigenvalue weighted by Crippen LogP contribution is 2.34. The highest BCUT2D eigenvalue weighted by atomic mass is 79.9. The summed E-state index contributed by atoms with van der Waals surface area (Å²) in [6, 6.07) is 11.2. The van der Waals surface area contributed by atoms with Gasteiger partial charge in [-0.2, -0.15) is 0 Å². The average Bonchev–Trinajstić information content (AvgIpc) is 2.38. The lowest BCUT2D eigenvalue weighted by atomic mass is 10.2. The molecular weight excluding hydrogens is 340 g/mol. The zero-order valence-corrected chi connectivity index (χ0v) is 13.6. The number of anilines is 3. The van der Waals surface area contributed by atoms with Crippen LogP contribution in [0.4, 0.5) is 17.1 Å². The molecule has 3 nitrogen and oxygen atoms in total. The molecular formula is C15H16BrClN2O. The molecule has 0 spiro atoms. The Morgan fingerprint density at radius 3 is 2.70 bits per heavy atom. The molecule has 0 saturated heterocycles. The molecule has 0 aliphatic carbocycles. The van der Waals surface area contributed by atoms with Gasteiger partial charge in [-0.1, -0.05) is 17.7 Å². The topological polar surface area (TPSA) is 47.3 Å². The van der Waals surface area contributed by atoms with Crippen LogP contribution in [0.1, 0.15) is 13.8 Å². The molecule has 0 aliphatic heterocycles. The Bertz CT molecular complexity index is 617. The van der Waals surface area contributed by atoms with Crippen molar-refractivity contribution in [3.63, 3.8) is 0 Å². The quantitative estimate of drug-likeness (QED) is 0.740. The van der Waals surface area contributed by atoms with Gasteiger partial charge < -0.3 is 15.8 Å². The lowest BCUT2D eigenvalue weighted by Gasteiger charge is -2.15. The number of benzene rings is 2. The molecule has 2 aromatic rings. The molecule has 0 heterocycles. The smallest absolute Gasteiger partial charge is 0.144 e. The monoisotopic (exact) mass is 354 g/mol. The van der Waals surface area contributed by atoms with E-state index in [1.165, 1.54) is 0 Å². The van der Waals surface area contributed by atoms with Crippen LogP contribution in [-0.2, 0) is 0 Å². The van der Waals surface area contributed by atoms with Crippen LogP contribution in [0.3, 0.4) is 0 Å². The highest BCUT2D eigenvalue weighted by molar-refractivity contribution is 9.10. The van der Waals surface area contributed by atoms with Crippen LogP contribution >= 0.6 is 27.5 Å². The maximum Gasteiger partial charge on any atom is 0.144 e. The van der Waals surface area contributed by atoms with Gasteiger partial charge in [0.2, 0.25) is 0 Å². The predicted octanol–water partition coefficient (Wildman–Crippen LogP) is 5.22. The van der Waals surface area contributed by atoms with Gasteiger partial charge in [0.25, 0.3) is 0 Å². The SMILES string of the molecule is CC(C)Oc1cc(Nc2cccc(Cl)c2Br)ccc1N. The minimum atomic E-state index is 0.0745. The Morgan fingerprint density at radius 1 is 1.25 bits per heavy atom. The van der Waals surface area contributed by atoms with E-state index in [2.05, 4.69) is 21.2 Å². The number of hydrogen-bond donors (Lipinski definition) is 2. The first-order valence-electron chi connectivity index (χ1n) is 6.24. The van der Waals surface area contributed by atoms with Crippen LogP contribution in [0.2, 0.25) is 5.02 Å². The molecule has 3 N–H and O–H groups in total. The van der Waals surface area contributed by atoms with Gasteiger partial charge in [-0.3, -0.25) is 0 Å². The predicted molar refractivity (Wildman–Crippen MR) is 89.1 cm³/mol. The Morgan fingerprint density at radius 2 is 2.00 bits per heavy atom. The number of halogens is 2. The van der Waals surface area contributed by atoms with Gasteiger partial charge in [-0.25, -0.2) is 0 Å². The zero-order valence-electron chi connectivity index (χ0n) is 11.3. The zero-order chi connectivity index (χ0) is 14.7. The van der Waals surface area contributed by atoms with Crippen molar-refractivity contribution < 1.29 is 4.74 Å². The molecule has 2 aromatic carbocycles. The fraction of sp³-hybridized carbons (Fsp3) is 0.200. The second kappa shape index (κ2) is 6.37. The standard InChI is InChI=1S/C15H16BrClN2O/c1-9(2)20-14-8-10(6-7-12(14)18)19-13-5-3-4-11(17)15(13)16/h3-9,19H,18H2,1-2H3. The van der Waals surface area contributed by atoms with Gasteiger partial charge in [0.15, 0.2) is 0 Å². The highest BCUT2D eigenvalue weighted by Gasteiger charge is 2.07. The van der Waals surface area contributed by atoms with Crippen molar-refractivity contribution in [1.29, 1.82) is 0 Å². The summed E-state index contributed by atoms with van der Waals surface area (Å²) in [6.45, 7) is 3.93. The largest absolute Gasteiger partial charge is 0.489 e. The number of nitrogens with one attached hydrogen (secondary N) is 1. The minimum Gasteiger partial charge on any atom is -0.489 e. The van der Waals surface area contributed by atoms with Crippen molar-refractivity contribution in [2.24, 2.45) is 0 Å². The maximum absolute atomic E-state index is 6.07. The van der Waals surface area contributed by atoms with E-state index in [0.717, 1.165) is 15.8 Å². The summed E-state index contributed by atoms with van der Waals surface area (Å²) >= 11 is 9.53. The Labute approximate surface area is 132 Å². The molecule has 0 atom stereocenters. The van der Waals surface area contributed by atoms with Crippen molar-refractivity contribution in [2.75, 3.05) is 11.1 Å². The molecule has 2 rings (SSSR count). The maximum atomic E-state index is 6.07. The van der Waals surface area contributed by atoms with E-state index in [1.807, 2.05) is 50.2 Å². The van der Waals surface area contributed by atoms with Gasteiger partial charge in [-0.05, 0) is 54.0 Å². The van der Waals surface area contributed by atoms with E-state index in [1.54, 1.807) is 0 Å². The van der Waals surface area contributed by atoms with Crippen molar-refractivity contribution in [3.05, 3.63) is 45.9 Å². The van der Waals surface area contributed by atoms with Crippen LogP contribution in [0.25, 0.3) is 0 Å². The van der Waals surface area contributed by atoms with Gasteiger partial charge in [-0.15, -0.1) is 0 Å². The van der Waals surface area contributed by atoms with Crippen LogP contribution in [-0.4, -0.2) is 6.10 Å². The third kappa shape index (κ3) is 3.58. The molecule has 0 bridgehead atoms. The van der Waals surface area contributed by atoms with E-state index in [9.17, 15) is 0 Å². The molecule has 20 heavy (non-hydrogen) atoms. The molecule has 0 amide bonds. The Hall–Kier alpha value is -1.39. The van der Waals surface area contributed by atoms with Crippen LogP contribution in [0.15, 0.2) is 40.9 Å². The summed E-state index contributed by atoms with van der Waals surface area (Å²) in [6.07, 6.45) is 0.0745. The summed E-state index contributed by atoms with van der Waals surface area (Å²) in [7, 11) is 0. The van der Waals surface area contributed by atoms with Crippen molar-refractivity contribution >= 4 is 44.6 Å². The third-order valence-electron chi connectivity index (χ3n) is 2.61. The fourth-order valence-electron chi connectivity index (χ4n) is 1.72. The third-order valence-corrected chi connectivity index (χ3v) is 4.00. The normalized spacial score (nSPS) is 10.7. The number of nitrogen functional groups attached to an aromatic ring is 1. The van der Waals surface area contributed by atoms with Crippen molar-refractivity contribution in [3.8, 4) is 5.75 Å². The van der Waals surface area contributed by atoms with Crippen molar-refractivity contribution in [2.45, 2.75) is 20.0 Å². The molecule has 0 aromatic heterocycles. The van der Waals surface area contributed by atoms with E-state index in [4.69, 9.17) is 22.1 Å². The van der Waals surface area contributed by atoms with Crippen LogP contribution in [0, 0.1) is 0 Å². The first-order chi connectivity index (χ1) is 9.47. The Kier molecular flexibility index (Phi) is 4.78. The fourth-order valence-corrected chi connectivity index (χ4v) is 2.26. The van der Waals surface area contributed by atoms with E-state index < -0.39 is 0 Å². The number of rotatable bonds is 4. The molecule has 0 unspecified atom stereocenters. The summed E-state index contributed by atoms with van der Waals surface area (Å²) in [5, 5.41) is 3.94. The summed E-state index contributed by atoms with van der Waals surface area (Å²) < 4.78 is 6.50. The van der Waals surface area contributed by atoms with Gasteiger partial charge >= 0.3 is 0 Å². The summed E-state index contributed by atoms with van der Waals surface area (Å²) in [5.41, 5.74) is 8.30. The van der Waals surface area contributed by atoms with Crippen LogP contribution in [0.5, 0.6) is 5.75 Å². The second-order valence-corrected chi connectivity index (χ2v) is 5.85. The second-order valence-electron chi connectivity index (χ2n) is 4.65. The lowest BCUT2D eigenvalue weighted by molar-refractivity contribution is 0.244. The van der Waals surface area contributed by atoms with E-state index in [0.29, 0.717) is 16.5 Å². The molecule has 5 heteroatoms. The average molecular weight is 356 g/mol. The van der Waals surface area contributed by atoms with E-state index >= 15 is 0 Å². The van der Waals surface area contributed by atoms with Gasteiger partial charge in [0, 0.05) is 11.8 Å². The first-order valence-corrected chi connectivity index (χ1v) is 7.41. The summed E-state index contributed by atoms with van der Waals surface area (Å²) in [4.78, 5) is 0.